The number of esters is 1. The first-order valence-electron chi connectivity index (χ1n) is 6.44. The van der Waals surface area contributed by atoms with Crippen LogP contribution < -0.4 is 0 Å². The molecule has 0 amide bonds. The molecule has 0 saturated heterocycles. The molecule has 0 radical (unpaired) electrons. The fourth-order valence-electron chi connectivity index (χ4n) is 1.94. The van der Waals surface area contributed by atoms with Crippen LogP contribution in [0.3, 0.4) is 0 Å². The first-order valence-corrected chi connectivity index (χ1v) is 7.24. The number of aliphatic imine (C=N–C) groups is 1. The molecule has 0 unspecified atom stereocenters. The van der Waals surface area contributed by atoms with Crippen LogP contribution >= 0.6 is 15.9 Å². The van der Waals surface area contributed by atoms with Gasteiger partial charge in [-0.15, -0.1) is 0 Å². The number of hydrogen-bond acceptors (Lipinski definition) is 4. The van der Waals surface area contributed by atoms with E-state index in [-0.39, 0.29) is 11.6 Å². The van der Waals surface area contributed by atoms with Crippen LogP contribution in [-0.2, 0) is 9.53 Å². The summed E-state index contributed by atoms with van der Waals surface area (Å²) >= 11 is 3.35. The van der Waals surface area contributed by atoms with Crippen molar-refractivity contribution in [2.24, 2.45) is 4.99 Å². The van der Waals surface area contributed by atoms with Gasteiger partial charge in [0.05, 0.1) is 11.6 Å². The van der Waals surface area contributed by atoms with Gasteiger partial charge in [0.15, 0.2) is 5.70 Å². The molecule has 0 aromatic heterocycles. The third-order valence-electron chi connectivity index (χ3n) is 3.05. The van der Waals surface area contributed by atoms with Crippen LogP contribution in [0.15, 0.2) is 63.7 Å². The largest absolute Gasteiger partial charge is 0.402 e. The van der Waals surface area contributed by atoms with Crippen LogP contribution in [0.25, 0.3) is 6.08 Å². The molecule has 1 aliphatic rings. The minimum atomic E-state index is -0.484. The molecule has 0 aliphatic carbocycles. The lowest BCUT2D eigenvalue weighted by molar-refractivity contribution is -0.129. The SMILES string of the molecule is N#Cc1ccc(/C=C2/N=C(c3ccc(Br)cc3)OC2=O)cc1. The minimum absolute atomic E-state index is 0.239. The second-order valence-electron chi connectivity index (χ2n) is 4.58. The Bertz CT molecular complexity index is 828. The maximum atomic E-state index is 11.9. The van der Waals surface area contributed by atoms with Gasteiger partial charge in [0, 0.05) is 10.0 Å². The highest BCUT2D eigenvalue weighted by Gasteiger charge is 2.23. The Hall–Kier alpha value is -2.71. The van der Waals surface area contributed by atoms with E-state index in [1.165, 1.54) is 0 Å². The molecule has 22 heavy (non-hydrogen) atoms. The first kappa shape index (κ1) is 14.2. The quantitative estimate of drug-likeness (QED) is 0.611. The van der Waals surface area contributed by atoms with Crippen LogP contribution in [0.4, 0.5) is 0 Å². The van der Waals surface area contributed by atoms with Gasteiger partial charge in [-0.1, -0.05) is 28.1 Å². The average Bonchev–Trinajstić information content (AvgIpc) is 2.90. The number of carbonyl (C=O) groups excluding carboxylic acids is 1. The molecule has 0 bridgehead atoms. The van der Waals surface area contributed by atoms with Crippen molar-refractivity contribution in [2.75, 3.05) is 0 Å². The molecule has 106 valence electrons. The van der Waals surface area contributed by atoms with Crippen molar-refractivity contribution in [2.45, 2.75) is 0 Å². The number of ether oxygens (including phenoxy) is 1. The fourth-order valence-corrected chi connectivity index (χ4v) is 2.20. The molecule has 4 nitrogen and oxygen atoms in total. The normalized spacial score (nSPS) is 15.4. The molecule has 0 saturated carbocycles. The molecule has 1 aliphatic heterocycles. The van der Waals surface area contributed by atoms with E-state index in [0.29, 0.717) is 5.56 Å². The van der Waals surface area contributed by atoms with Crippen molar-refractivity contribution in [1.29, 1.82) is 5.26 Å². The van der Waals surface area contributed by atoms with E-state index >= 15 is 0 Å². The summed E-state index contributed by atoms with van der Waals surface area (Å²) in [6, 6.07) is 16.3. The van der Waals surface area contributed by atoms with E-state index in [9.17, 15) is 4.79 Å². The van der Waals surface area contributed by atoms with Gasteiger partial charge in [-0.05, 0) is 48.0 Å². The Balaban J connectivity index is 1.90. The Morgan fingerprint density at radius 3 is 2.41 bits per heavy atom. The maximum Gasteiger partial charge on any atom is 0.363 e. The predicted octanol–water partition coefficient (Wildman–Crippen LogP) is 3.67. The summed E-state index contributed by atoms with van der Waals surface area (Å²) < 4.78 is 6.13. The zero-order valence-corrected chi connectivity index (χ0v) is 12.9. The minimum Gasteiger partial charge on any atom is -0.402 e. The molecule has 1 heterocycles. The van der Waals surface area contributed by atoms with Crippen LogP contribution in [-0.4, -0.2) is 11.9 Å². The van der Waals surface area contributed by atoms with E-state index in [0.717, 1.165) is 15.6 Å². The van der Waals surface area contributed by atoms with Gasteiger partial charge >= 0.3 is 5.97 Å². The van der Waals surface area contributed by atoms with E-state index in [2.05, 4.69) is 20.9 Å². The lowest BCUT2D eigenvalue weighted by atomic mass is 10.1. The van der Waals surface area contributed by atoms with Gasteiger partial charge in [-0.25, -0.2) is 9.79 Å². The van der Waals surface area contributed by atoms with Gasteiger partial charge in [0.1, 0.15) is 0 Å². The van der Waals surface area contributed by atoms with Gasteiger partial charge < -0.3 is 4.74 Å². The summed E-state index contributed by atoms with van der Waals surface area (Å²) in [4.78, 5) is 16.1. The molecule has 0 spiro atoms. The van der Waals surface area contributed by atoms with E-state index in [1.54, 1.807) is 30.3 Å². The highest BCUT2D eigenvalue weighted by molar-refractivity contribution is 9.10. The standard InChI is InChI=1S/C17H9BrN2O2/c18-14-7-5-13(6-8-14)16-20-15(17(21)22-16)9-11-1-3-12(10-19)4-2-11/h1-9H/b15-9+. The highest BCUT2D eigenvalue weighted by Crippen LogP contribution is 2.20. The number of benzene rings is 2. The molecule has 2 aromatic carbocycles. The molecule has 3 rings (SSSR count). The van der Waals surface area contributed by atoms with Crippen LogP contribution in [0.2, 0.25) is 0 Å². The summed E-state index contributed by atoms with van der Waals surface area (Å²) in [6.45, 7) is 0. The Labute approximate surface area is 135 Å². The summed E-state index contributed by atoms with van der Waals surface area (Å²) in [7, 11) is 0. The molecule has 0 fully saturated rings. The molecular formula is C17H9BrN2O2. The summed E-state index contributed by atoms with van der Waals surface area (Å²) in [5.74, 6) is -0.195. The molecular weight excluding hydrogens is 344 g/mol. The van der Waals surface area contributed by atoms with Crippen LogP contribution in [0.5, 0.6) is 0 Å². The second kappa shape index (κ2) is 5.96. The zero-order chi connectivity index (χ0) is 15.5. The lowest BCUT2D eigenvalue weighted by Crippen LogP contribution is -2.05. The summed E-state index contributed by atoms with van der Waals surface area (Å²) in [6.07, 6.45) is 1.63. The molecule has 0 atom stereocenters. The fraction of sp³-hybridized carbons (Fsp3) is 0. The zero-order valence-electron chi connectivity index (χ0n) is 11.3. The third kappa shape index (κ3) is 2.97. The third-order valence-corrected chi connectivity index (χ3v) is 3.58. The number of cyclic esters (lactones) is 1. The topological polar surface area (TPSA) is 62.4 Å². The van der Waals surface area contributed by atoms with Gasteiger partial charge in [-0.3, -0.25) is 0 Å². The number of halogens is 1. The van der Waals surface area contributed by atoms with Crippen molar-refractivity contribution in [3.63, 3.8) is 0 Å². The summed E-state index contributed by atoms with van der Waals surface area (Å²) in [5, 5.41) is 8.77. The van der Waals surface area contributed by atoms with Crippen molar-refractivity contribution < 1.29 is 9.53 Å². The monoisotopic (exact) mass is 352 g/mol. The summed E-state index contributed by atoms with van der Waals surface area (Å²) in [5.41, 5.74) is 2.32. The predicted molar refractivity (Wildman–Crippen MR) is 85.9 cm³/mol. The Morgan fingerprint density at radius 1 is 1.09 bits per heavy atom. The smallest absolute Gasteiger partial charge is 0.363 e. The van der Waals surface area contributed by atoms with Crippen molar-refractivity contribution >= 4 is 33.9 Å². The van der Waals surface area contributed by atoms with Gasteiger partial charge in [0.2, 0.25) is 5.90 Å². The average molecular weight is 353 g/mol. The first-order chi connectivity index (χ1) is 10.7. The Morgan fingerprint density at radius 2 is 1.77 bits per heavy atom. The number of nitrogens with zero attached hydrogens (tertiary/aromatic N) is 2. The van der Waals surface area contributed by atoms with E-state index < -0.39 is 5.97 Å². The number of hydrogen-bond donors (Lipinski definition) is 0. The van der Waals surface area contributed by atoms with Crippen LogP contribution in [0, 0.1) is 11.3 Å². The van der Waals surface area contributed by atoms with Crippen molar-refractivity contribution in [3.8, 4) is 6.07 Å². The highest BCUT2D eigenvalue weighted by atomic mass is 79.9. The molecule has 5 heteroatoms. The number of rotatable bonds is 2. The number of carbonyl (C=O) groups is 1. The van der Waals surface area contributed by atoms with Gasteiger partial charge in [-0.2, -0.15) is 5.26 Å². The maximum absolute atomic E-state index is 11.9. The van der Waals surface area contributed by atoms with Gasteiger partial charge in [0.25, 0.3) is 0 Å². The second-order valence-corrected chi connectivity index (χ2v) is 5.49. The Kier molecular flexibility index (Phi) is 3.86. The lowest BCUT2D eigenvalue weighted by Gasteiger charge is -1.98. The molecule has 0 N–H and O–H groups in total. The number of nitriles is 1. The van der Waals surface area contributed by atoms with E-state index in [4.69, 9.17) is 10.00 Å². The van der Waals surface area contributed by atoms with Crippen molar-refractivity contribution in [1.82, 2.24) is 0 Å². The van der Waals surface area contributed by atoms with Crippen LogP contribution in [0.1, 0.15) is 16.7 Å². The van der Waals surface area contributed by atoms with Crippen molar-refractivity contribution in [3.05, 3.63) is 75.4 Å². The molecule has 2 aromatic rings. The van der Waals surface area contributed by atoms with E-state index in [1.807, 2.05) is 30.3 Å².